The number of nitrogens with two attached hydrogens (primary N) is 1. The van der Waals surface area contributed by atoms with Gasteiger partial charge < -0.3 is 15.5 Å². The van der Waals surface area contributed by atoms with E-state index < -0.39 is 0 Å². The van der Waals surface area contributed by atoms with Crippen LogP contribution in [0.3, 0.4) is 0 Å². The Morgan fingerprint density at radius 3 is 2.48 bits per heavy atom. The van der Waals surface area contributed by atoms with E-state index in [1.54, 1.807) is 16.9 Å². The van der Waals surface area contributed by atoms with E-state index in [2.05, 4.69) is 10.00 Å². The zero-order chi connectivity index (χ0) is 14.8. The molecule has 6 nitrogen and oxygen atoms in total. The van der Waals surface area contributed by atoms with Crippen molar-refractivity contribution >= 4 is 17.3 Å². The Balaban J connectivity index is 1.65. The molecule has 21 heavy (non-hydrogen) atoms. The normalized spacial score (nSPS) is 15.3. The van der Waals surface area contributed by atoms with E-state index in [1.807, 2.05) is 36.2 Å². The lowest BCUT2D eigenvalue weighted by Gasteiger charge is -2.36. The average molecular weight is 285 g/mol. The van der Waals surface area contributed by atoms with Crippen LogP contribution in [0.4, 0.5) is 11.4 Å². The molecular weight excluding hydrogens is 266 g/mol. The minimum atomic E-state index is -0.00344. The molecule has 2 aromatic rings. The number of aromatic nitrogens is 2. The molecule has 1 aromatic heterocycles. The highest BCUT2D eigenvalue weighted by Crippen LogP contribution is 2.23. The predicted molar refractivity (Wildman–Crippen MR) is 82.2 cm³/mol. The third kappa shape index (κ3) is 2.69. The van der Waals surface area contributed by atoms with Crippen molar-refractivity contribution in [3.8, 4) is 0 Å². The SMILES string of the molecule is Cn1ccc(C(=O)N2CCN(c3ccccc3N)CC2)n1. The maximum atomic E-state index is 12.3. The second-order valence-electron chi connectivity index (χ2n) is 5.21. The molecule has 0 spiro atoms. The molecule has 0 atom stereocenters. The van der Waals surface area contributed by atoms with E-state index in [-0.39, 0.29) is 5.91 Å². The summed E-state index contributed by atoms with van der Waals surface area (Å²) in [7, 11) is 1.81. The molecule has 1 aliphatic rings. The lowest BCUT2D eigenvalue weighted by molar-refractivity contribution is 0.0740. The third-order valence-electron chi connectivity index (χ3n) is 3.78. The minimum absolute atomic E-state index is 0.00344. The third-order valence-corrected chi connectivity index (χ3v) is 3.78. The summed E-state index contributed by atoms with van der Waals surface area (Å²) in [4.78, 5) is 16.4. The van der Waals surface area contributed by atoms with Crippen LogP contribution in [0.1, 0.15) is 10.5 Å². The van der Waals surface area contributed by atoms with Crippen molar-refractivity contribution in [2.45, 2.75) is 0 Å². The second-order valence-corrected chi connectivity index (χ2v) is 5.21. The molecule has 1 aromatic carbocycles. The highest BCUT2D eigenvalue weighted by molar-refractivity contribution is 5.92. The Bertz CT molecular complexity index is 643. The van der Waals surface area contributed by atoms with E-state index in [4.69, 9.17) is 5.73 Å². The van der Waals surface area contributed by atoms with Gasteiger partial charge in [-0.05, 0) is 18.2 Å². The summed E-state index contributed by atoms with van der Waals surface area (Å²) in [5, 5.41) is 4.17. The molecule has 0 aliphatic carbocycles. The number of aryl methyl sites for hydroxylation is 1. The van der Waals surface area contributed by atoms with E-state index in [9.17, 15) is 4.79 Å². The van der Waals surface area contributed by atoms with Crippen molar-refractivity contribution in [1.29, 1.82) is 0 Å². The molecule has 6 heteroatoms. The zero-order valence-corrected chi connectivity index (χ0v) is 12.1. The van der Waals surface area contributed by atoms with Crippen molar-refractivity contribution in [3.05, 3.63) is 42.2 Å². The fourth-order valence-corrected chi connectivity index (χ4v) is 2.62. The number of para-hydroxylation sites is 2. The number of amides is 1. The summed E-state index contributed by atoms with van der Waals surface area (Å²) in [6.45, 7) is 2.94. The van der Waals surface area contributed by atoms with Crippen LogP contribution in [0.2, 0.25) is 0 Å². The van der Waals surface area contributed by atoms with Crippen LogP contribution < -0.4 is 10.6 Å². The van der Waals surface area contributed by atoms with Gasteiger partial charge in [-0.2, -0.15) is 5.10 Å². The predicted octanol–water partition coefficient (Wildman–Crippen LogP) is 0.965. The van der Waals surface area contributed by atoms with Crippen molar-refractivity contribution in [2.24, 2.45) is 7.05 Å². The first-order chi connectivity index (χ1) is 10.1. The highest BCUT2D eigenvalue weighted by atomic mass is 16.2. The molecule has 0 saturated carbocycles. The first-order valence-corrected chi connectivity index (χ1v) is 7.03. The van der Waals surface area contributed by atoms with Crippen molar-refractivity contribution in [2.75, 3.05) is 36.8 Å². The number of rotatable bonds is 2. The molecule has 0 unspecified atom stereocenters. The summed E-state index contributed by atoms with van der Waals surface area (Å²) in [5.41, 5.74) is 8.33. The quantitative estimate of drug-likeness (QED) is 0.835. The lowest BCUT2D eigenvalue weighted by Crippen LogP contribution is -2.49. The Kier molecular flexibility index (Phi) is 3.51. The van der Waals surface area contributed by atoms with Crippen molar-refractivity contribution < 1.29 is 4.79 Å². The molecule has 2 heterocycles. The van der Waals surface area contributed by atoms with Crippen molar-refractivity contribution in [3.63, 3.8) is 0 Å². The van der Waals surface area contributed by atoms with Gasteiger partial charge in [-0.25, -0.2) is 0 Å². The van der Waals surface area contributed by atoms with Gasteiger partial charge in [0.2, 0.25) is 0 Å². The van der Waals surface area contributed by atoms with E-state index >= 15 is 0 Å². The van der Waals surface area contributed by atoms with Crippen LogP contribution in [-0.2, 0) is 7.05 Å². The molecule has 1 fully saturated rings. The Morgan fingerprint density at radius 1 is 1.14 bits per heavy atom. The van der Waals surface area contributed by atoms with Gasteiger partial charge in [-0.15, -0.1) is 0 Å². The Labute approximate surface area is 123 Å². The fourth-order valence-electron chi connectivity index (χ4n) is 2.62. The summed E-state index contributed by atoms with van der Waals surface area (Å²) in [6.07, 6.45) is 1.79. The van der Waals surface area contributed by atoms with Crippen LogP contribution in [0, 0.1) is 0 Å². The molecule has 110 valence electrons. The summed E-state index contributed by atoms with van der Waals surface area (Å²) in [6, 6.07) is 9.59. The number of hydrogen-bond donors (Lipinski definition) is 1. The molecule has 0 radical (unpaired) electrons. The minimum Gasteiger partial charge on any atom is -0.397 e. The number of benzene rings is 1. The number of carbonyl (C=O) groups is 1. The summed E-state index contributed by atoms with van der Waals surface area (Å²) >= 11 is 0. The van der Waals surface area contributed by atoms with Gasteiger partial charge in [0.05, 0.1) is 11.4 Å². The Hall–Kier alpha value is -2.50. The molecular formula is C15H19N5O. The average Bonchev–Trinajstić information content (AvgIpc) is 2.94. The molecule has 1 aliphatic heterocycles. The van der Waals surface area contributed by atoms with Crippen LogP contribution in [0.5, 0.6) is 0 Å². The smallest absolute Gasteiger partial charge is 0.274 e. The first kappa shape index (κ1) is 13.5. The van der Waals surface area contributed by atoms with Crippen LogP contribution in [0.25, 0.3) is 0 Å². The number of hydrogen-bond acceptors (Lipinski definition) is 4. The maximum absolute atomic E-state index is 12.3. The molecule has 3 rings (SSSR count). The number of anilines is 2. The Morgan fingerprint density at radius 2 is 1.86 bits per heavy atom. The number of nitrogens with zero attached hydrogens (tertiary/aromatic N) is 4. The van der Waals surface area contributed by atoms with Gasteiger partial charge in [-0.3, -0.25) is 9.48 Å². The summed E-state index contributed by atoms with van der Waals surface area (Å²) in [5.74, 6) is -0.00344. The molecule has 1 saturated heterocycles. The van der Waals surface area contributed by atoms with Gasteiger partial charge in [0.1, 0.15) is 5.69 Å². The van der Waals surface area contributed by atoms with Crippen molar-refractivity contribution in [1.82, 2.24) is 14.7 Å². The zero-order valence-electron chi connectivity index (χ0n) is 12.1. The lowest BCUT2D eigenvalue weighted by atomic mass is 10.2. The largest absolute Gasteiger partial charge is 0.397 e. The van der Waals surface area contributed by atoms with Crippen LogP contribution >= 0.6 is 0 Å². The number of piperazine rings is 1. The van der Waals surface area contributed by atoms with Gasteiger partial charge >= 0.3 is 0 Å². The topological polar surface area (TPSA) is 67.4 Å². The van der Waals surface area contributed by atoms with E-state index in [0.717, 1.165) is 24.5 Å². The van der Waals surface area contributed by atoms with E-state index in [0.29, 0.717) is 18.8 Å². The molecule has 1 amide bonds. The first-order valence-electron chi connectivity index (χ1n) is 7.03. The number of carbonyl (C=O) groups excluding carboxylic acids is 1. The highest BCUT2D eigenvalue weighted by Gasteiger charge is 2.24. The van der Waals surface area contributed by atoms with Crippen LogP contribution in [0.15, 0.2) is 36.5 Å². The van der Waals surface area contributed by atoms with Gasteiger partial charge in [0, 0.05) is 39.4 Å². The molecule has 2 N–H and O–H groups in total. The van der Waals surface area contributed by atoms with E-state index in [1.165, 1.54) is 0 Å². The van der Waals surface area contributed by atoms with Gasteiger partial charge in [-0.1, -0.05) is 12.1 Å². The van der Waals surface area contributed by atoms with Crippen LogP contribution in [-0.4, -0.2) is 46.8 Å². The number of nitrogen functional groups attached to an aromatic ring is 1. The van der Waals surface area contributed by atoms with Gasteiger partial charge in [0.25, 0.3) is 5.91 Å². The summed E-state index contributed by atoms with van der Waals surface area (Å²) < 4.78 is 1.65. The monoisotopic (exact) mass is 285 g/mol. The maximum Gasteiger partial charge on any atom is 0.274 e. The molecule has 0 bridgehead atoms. The standard InChI is InChI=1S/C15H19N5O/c1-18-7-6-13(17-18)15(21)20-10-8-19(9-11-20)14-5-3-2-4-12(14)16/h2-7H,8-11,16H2,1H3. The van der Waals surface area contributed by atoms with Gasteiger partial charge in [0.15, 0.2) is 0 Å². The second kappa shape index (κ2) is 5.47. The fraction of sp³-hybridized carbons (Fsp3) is 0.333.